The third kappa shape index (κ3) is 3.05. The molecule has 0 bridgehead atoms. The molecule has 2 unspecified atom stereocenters. The van der Waals surface area contributed by atoms with Gasteiger partial charge in [0.2, 0.25) is 0 Å². The van der Waals surface area contributed by atoms with Crippen LogP contribution in [0.15, 0.2) is 12.7 Å². The van der Waals surface area contributed by atoms with Crippen molar-refractivity contribution in [3.8, 4) is 6.07 Å². The highest BCUT2D eigenvalue weighted by Crippen LogP contribution is 2.61. The van der Waals surface area contributed by atoms with E-state index < -0.39 is 0 Å². The van der Waals surface area contributed by atoms with Crippen molar-refractivity contribution in [3.63, 3.8) is 0 Å². The van der Waals surface area contributed by atoms with Crippen LogP contribution >= 0.6 is 0 Å². The minimum atomic E-state index is 0.300. The molecule has 1 heterocycles. The first-order chi connectivity index (χ1) is 11.6. The van der Waals surface area contributed by atoms with Crippen LogP contribution in [0.3, 0.4) is 0 Å². The molecule has 0 spiro atoms. The normalized spacial score (nSPS) is 44.4. The van der Waals surface area contributed by atoms with E-state index in [-0.39, 0.29) is 0 Å². The molecule has 0 aromatic rings. The fourth-order valence-electron chi connectivity index (χ4n) is 6.24. The topological polar surface area (TPSA) is 36.3 Å². The predicted molar refractivity (Wildman–Crippen MR) is 98.1 cm³/mol. The summed E-state index contributed by atoms with van der Waals surface area (Å²) in [7, 11) is 0. The Labute approximate surface area is 148 Å². The van der Waals surface area contributed by atoms with Crippen molar-refractivity contribution in [2.45, 2.75) is 59.5 Å². The zero-order valence-electron chi connectivity index (χ0n) is 15.9. The number of fused-ring (bicyclic) bond motifs is 1. The summed E-state index contributed by atoms with van der Waals surface area (Å²) in [5.41, 5.74) is 0. The molecule has 2 saturated carbocycles. The van der Waals surface area contributed by atoms with E-state index in [9.17, 15) is 5.26 Å². The second-order valence-corrected chi connectivity index (χ2v) is 8.72. The number of allylic oxidation sites excluding steroid dienone is 1. The summed E-state index contributed by atoms with van der Waals surface area (Å²) in [6.45, 7) is 14.7. The molecule has 1 saturated heterocycles. The van der Waals surface area contributed by atoms with Gasteiger partial charge in [-0.25, -0.2) is 0 Å². The molecule has 3 fully saturated rings. The Morgan fingerprint density at radius 3 is 2.50 bits per heavy atom. The lowest BCUT2D eigenvalue weighted by Gasteiger charge is -2.42. The number of nitrogens with zero attached hydrogens (tertiary/aromatic N) is 1. The van der Waals surface area contributed by atoms with Crippen molar-refractivity contribution in [3.05, 3.63) is 12.7 Å². The zero-order chi connectivity index (χ0) is 17.4. The maximum absolute atomic E-state index is 9.47. The number of ether oxygens (including phenoxy) is 1. The lowest BCUT2D eigenvalue weighted by molar-refractivity contribution is 0.0673. The monoisotopic (exact) mass is 329 g/mol. The van der Waals surface area contributed by atoms with Crippen molar-refractivity contribution in [1.29, 1.82) is 5.26 Å². The quantitative estimate of drug-likeness (QED) is 0.469. The fraction of sp³-hybridized carbons (Fsp3) is 0.864. The Bertz CT molecular complexity index is 491. The molecular weight excluding hydrogens is 294 g/mol. The van der Waals surface area contributed by atoms with Gasteiger partial charge in [-0.15, -0.1) is 6.58 Å². The van der Waals surface area contributed by atoms with E-state index in [1.54, 1.807) is 0 Å². The minimum absolute atomic E-state index is 0.300. The second kappa shape index (κ2) is 7.20. The minimum Gasteiger partial charge on any atom is -0.373 e. The van der Waals surface area contributed by atoms with E-state index in [0.29, 0.717) is 41.6 Å². The van der Waals surface area contributed by atoms with E-state index in [2.05, 4.69) is 46.4 Å². The average Bonchev–Trinajstić information content (AvgIpc) is 3.47. The van der Waals surface area contributed by atoms with Crippen LogP contribution in [0.1, 0.15) is 53.4 Å². The van der Waals surface area contributed by atoms with Crippen LogP contribution in [0.25, 0.3) is 0 Å². The summed E-state index contributed by atoms with van der Waals surface area (Å²) in [5, 5.41) is 9.47. The molecule has 0 aromatic carbocycles. The SMILES string of the molecule is C=CC1C2[C@@H](C#N)[C@H]2CC[C@@H]([C@H]([C@H](C)[C@H]2CO2)[C@H](C)CC)[C@H]1CC. The Hall–Kier alpha value is -0.810. The predicted octanol–water partition coefficient (Wildman–Crippen LogP) is 5.31. The standard InChI is InChI=1S/C22H35NO/c1-6-13(4)21(14(5)20-12-24-20)17-9-10-18-19(11-23)22(18)16(8-3)15(17)7-2/h8,13-22H,3,6-7,9-10,12H2,1-2,4-5H3/t13-,14-,15+,16?,17-,18-,19+,20-,21+,22?/m1/s1. The molecule has 24 heavy (non-hydrogen) atoms. The summed E-state index contributed by atoms with van der Waals surface area (Å²) >= 11 is 0. The van der Waals surface area contributed by atoms with Crippen LogP contribution in [0.2, 0.25) is 0 Å². The van der Waals surface area contributed by atoms with Gasteiger partial charge in [0.15, 0.2) is 0 Å². The van der Waals surface area contributed by atoms with E-state index in [0.717, 1.165) is 24.4 Å². The maximum Gasteiger partial charge on any atom is 0.0838 e. The summed E-state index contributed by atoms with van der Waals surface area (Å²) in [6, 6.07) is 2.58. The van der Waals surface area contributed by atoms with E-state index >= 15 is 0 Å². The molecule has 2 nitrogen and oxygen atoms in total. The molecule has 0 aromatic heterocycles. The van der Waals surface area contributed by atoms with Gasteiger partial charge in [-0.1, -0.05) is 46.6 Å². The van der Waals surface area contributed by atoms with Gasteiger partial charge in [-0.3, -0.25) is 0 Å². The molecule has 0 radical (unpaired) electrons. The highest BCUT2D eigenvalue weighted by molar-refractivity contribution is 5.16. The Morgan fingerprint density at radius 1 is 1.29 bits per heavy atom. The first-order valence-corrected chi connectivity index (χ1v) is 10.2. The summed E-state index contributed by atoms with van der Waals surface area (Å²) in [6.07, 6.45) is 7.71. The van der Waals surface area contributed by atoms with Gasteiger partial charge in [-0.2, -0.15) is 5.26 Å². The molecule has 3 aliphatic rings. The van der Waals surface area contributed by atoms with E-state index in [4.69, 9.17) is 4.74 Å². The smallest absolute Gasteiger partial charge is 0.0838 e. The van der Waals surface area contributed by atoms with Crippen molar-refractivity contribution < 1.29 is 4.74 Å². The van der Waals surface area contributed by atoms with Crippen molar-refractivity contribution in [2.24, 2.45) is 53.3 Å². The van der Waals surface area contributed by atoms with Crippen LogP contribution in [-0.4, -0.2) is 12.7 Å². The average molecular weight is 330 g/mol. The third-order valence-electron chi connectivity index (χ3n) is 7.79. The highest BCUT2D eigenvalue weighted by Gasteiger charge is 2.58. The molecule has 2 heteroatoms. The first-order valence-electron chi connectivity index (χ1n) is 10.2. The van der Waals surface area contributed by atoms with Gasteiger partial charge >= 0.3 is 0 Å². The van der Waals surface area contributed by atoms with Gasteiger partial charge in [0, 0.05) is 0 Å². The van der Waals surface area contributed by atoms with Gasteiger partial charge in [0.1, 0.15) is 0 Å². The molecule has 10 atom stereocenters. The molecule has 2 aliphatic carbocycles. The zero-order valence-corrected chi connectivity index (χ0v) is 15.9. The van der Waals surface area contributed by atoms with Gasteiger partial charge in [-0.05, 0) is 60.2 Å². The van der Waals surface area contributed by atoms with Crippen LogP contribution in [0.5, 0.6) is 0 Å². The maximum atomic E-state index is 9.47. The lowest BCUT2D eigenvalue weighted by Crippen LogP contribution is -2.37. The number of rotatable bonds is 7. The van der Waals surface area contributed by atoms with Crippen LogP contribution in [0.4, 0.5) is 0 Å². The van der Waals surface area contributed by atoms with E-state index in [1.165, 1.54) is 25.7 Å². The molecule has 0 amide bonds. The number of hydrogen-bond donors (Lipinski definition) is 0. The number of hydrogen-bond acceptors (Lipinski definition) is 2. The first kappa shape index (κ1) is 18.0. The fourth-order valence-corrected chi connectivity index (χ4v) is 6.24. The van der Waals surface area contributed by atoms with Gasteiger partial charge in [0.05, 0.1) is 24.7 Å². The molecule has 1 aliphatic heterocycles. The Kier molecular flexibility index (Phi) is 5.40. The largest absolute Gasteiger partial charge is 0.373 e. The molecular formula is C22H35NO. The summed E-state index contributed by atoms with van der Waals surface area (Å²) in [4.78, 5) is 0. The second-order valence-electron chi connectivity index (χ2n) is 8.72. The van der Waals surface area contributed by atoms with Crippen LogP contribution in [-0.2, 0) is 4.74 Å². The lowest BCUT2D eigenvalue weighted by atomic mass is 9.63. The third-order valence-corrected chi connectivity index (χ3v) is 7.79. The number of nitriles is 1. The van der Waals surface area contributed by atoms with Crippen molar-refractivity contribution in [2.75, 3.05) is 6.61 Å². The summed E-state index contributed by atoms with van der Waals surface area (Å²) < 4.78 is 5.69. The molecule has 134 valence electrons. The van der Waals surface area contributed by atoms with Crippen LogP contribution < -0.4 is 0 Å². The molecule has 3 rings (SSSR count). The molecule has 0 N–H and O–H groups in total. The van der Waals surface area contributed by atoms with Gasteiger partial charge < -0.3 is 4.74 Å². The number of epoxide rings is 1. The van der Waals surface area contributed by atoms with Crippen LogP contribution in [0, 0.1) is 64.6 Å². The Balaban J connectivity index is 1.86. The van der Waals surface area contributed by atoms with E-state index in [1.807, 2.05) is 0 Å². The van der Waals surface area contributed by atoms with Crippen molar-refractivity contribution in [1.82, 2.24) is 0 Å². The summed E-state index contributed by atoms with van der Waals surface area (Å²) in [5.74, 6) is 5.67. The van der Waals surface area contributed by atoms with Crippen molar-refractivity contribution >= 4 is 0 Å². The Morgan fingerprint density at radius 2 is 2.00 bits per heavy atom. The van der Waals surface area contributed by atoms with Gasteiger partial charge in [0.25, 0.3) is 0 Å². The highest BCUT2D eigenvalue weighted by atomic mass is 16.6.